The molecule has 0 saturated heterocycles. The fraction of sp³-hybridized carbons (Fsp3) is 1.00. The molecule has 0 aliphatic heterocycles. The summed E-state index contributed by atoms with van der Waals surface area (Å²) in [7, 11) is -1.47. The smallest absolute Gasteiger partial charge is 0.254 e. The van der Waals surface area contributed by atoms with Crippen molar-refractivity contribution in [1.82, 2.24) is 0 Å². The van der Waals surface area contributed by atoms with E-state index in [1.165, 1.54) is 32.1 Å². The first-order valence-corrected chi connectivity index (χ1v) is 7.78. The highest BCUT2D eigenvalue weighted by molar-refractivity contribution is 7.88. The summed E-state index contributed by atoms with van der Waals surface area (Å²) in [6, 6.07) is 0. The Labute approximate surface area is 96.4 Å². The molecule has 0 spiro atoms. The second-order valence-corrected chi connectivity index (χ2v) is 6.13. The minimum atomic E-state index is -3.26. The highest BCUT2D eigenvalue weighted by Crippen LogP contribution is 2.10. The molecular formula is C10H23O3PS. The van der Waals surface area contributed by atoms with Gasteiger partial charge in [-0.3, -0.25) is 3.97 Å². The predicted molar refractivity (Wildman–Crippen MR) is 67.2 cm³/mol. The van der Waals surface area contributed by atoms with Crippen LogP contribution in [0.2, 0.25) is 0 Å². The van der Waals surface area contributed by atoms with Crippen molar-refractivity contribution in [3.05, 3.63) is 0 Å². The van der Waals surface area contributed by atoms with Crippen LogP contribution in [0.4, 0.5) is 0 Å². The van der Waals surface area contributed by atoms with Gasteiger partial charge in [0.1, 0.15) is 0 Å². The lowest BCUT2D eigenvalue weighted by Gasteiger charge is -2.01. The number of rotatable bonds is 10. The van der Waals surface area contributed by atoms with E-state index in [9.17, 15) is 8.42 Å². The Hall–Kier alpha value is 0.340. The highest BCUT2D eigenvalue weighted by Gasteiger charge is 2.06. The van der Waals surface area contributed by atoms with Crippen LogP contribution in [-0.2, 0) is 14.1 Å². The zero-order chi connectivity index (χ0) is 11.6. The second-order valence-electron chi connectivity index (χ2n) is 3.83. The molecule has 92 valence electrons. The molecule has 1 atom stereocenters. The van der Waals surface area contributed by atoms with Crippen molar-refractivity contribution in [2.45, 2.75) is 58.3 Å². The lowest BCUT2D eigenvalue weighted by atomic mass is 10.1. The van der Waals surface area contributed by atoms with E-state index in [0.717, 1.165) is 12.8 Å². The van der Waals surface area contributed by atoms with Crippen molar-refractivity contribution >= 4 is 19.6 Å². The van der Waals surface area contributed by atoms with E-state index in [2.05, 4.69) is 10.9 Å². The first-order valence-electron chi connectivity index (χ1n) is 5.73. The standard InChI is InChI=1S/C10H23O3PS/c1-2-3-4-5-6-7-8-9-10-15(11,12)13-14/h2-10,14H2,1H3. The molecule has 1 unspecified atom stereocenters. The number of hydrogen-bond acceptors (Lipinski definition) is 3. The Morgan fingerprint density at radius 1 is 0.933 bits per heavy atom. The summed E-state index contributed by atoms with van der Waals surface area (Å²) >= 11 is 0. The van der Waals surface area contributed by atoms with Gasteiger partial charge in [0.2, 0.25) is 0 Å². The van der Waals surface area contributed by atoms with Crippen molar-refractivity contribution in [1.29, 1.82) is 0 Å². The van der Waals surface area contributed by atoms with E-state index in [1.807, 2.05) is 0 Å². The van der Waals surface area contributed by atoms with E-state index in [1.54, 1.807) is 9.47 Å². The minimum absolute atomic E-state index is 0.144. The molecule has 3 nitrogen and oxygen atoms in total. The van der Waals surface area contributed by atoms with Gasteiger partial charge in [0.25, 0.3) is 10.1 Å². The van der Waals surface area contributed by atoms with E-state index in [4.69, 9.17) is 0 Å². The van der Waals surface area contributed by atoms with Crippen LogP contribution in [0.5, 0.6) is 0 Å². The lowest BCUT2D eigenvalue weighted by Crippen LogP contribution is -2.04. The van der Waals surface area contributed by atoms with Gasteiger partial charge in [-0.2, -0.15) is 8.42 Å². The van der Waals surface area contributed by atoms with Crippen LogP contribution in [0, 0.1) is 0 Å². The first kappa shape index (κ1) is 15.3. The van der Waals surface area contributed by atoms with Crippen LogP contribution >= 0.6 is 9.47 Å². The fourth-order valence-corrected chi connectivity index (χ4v) is 2.40. The summed E-state index contributed by atoms with van der Waals surface area (Å²) in [5.74, 6) is 0.144. The number of hydrogen-bond donors (Lipinski definition) is 0. The van der Waals surface area contributed by atoms with Crippen LogP contribution in [0.25, 0.3) is 0 Å². The highest BCUT2D eigenvalue weighted by atomic mass is 32.2. The Morgan fingerprint density at radius 2 is 1.40 bits per heavy atom. The maximum Gasteiger partial charge on any atom is 0.269 e. The van der Waals surface area contributed by atoms with Crippen molar-refractivity contribution in [2.24, 2.45) is 0 Å². The molecule has 0 amide bonds. The average Bonchev–Trinajstić information content (AvgIpc) is 2.22. The van der Waals surface area contributed by atoms with Crippen molar-refractivity contribution in [3.63, 3.8) is 0 Å². The molecule has 0 aromatic heterocycles. The summed E-state index contributed by atoms with van der Waals surface area (Å²) in [6.07, 6.45) is 9.23. The van der Waals surface area contributed by atoms with Crippen molar-refractivity contribution < 1.29 is 12.4 Å². The van der Waals surface area contributed by atoms with Crippen molar-refractivity contribution in [3.8, 4) is 0 Å². The van der Waals surface area contributed by atoms with Gasteiger partial charge in [0.05, 0.1) is 5.75 Å². The maximum absolute atomic E-state index is 10.9. The molecule has 0 radical (unpaired) electrons. The van der Waals surface area contributed by atoms with Gasteiger partial charge in [-0.05, 0) is 6.42 Å². The van der Waals surface area contributed by atoms with Crippen LogP contribution in [-0.4, -0.2) is 14.2 Å². The van der Waals surface area contributed by atoms with Gasteiger partial charge in [-0.25, -0.2) is 0 Å². The molecule has 0 bridgehead atoms. The van der Waals surface area contributed by atoms with Gasteiger partial charge in [0, 0.05) is 9.47 Å². The van der Waals surface area contributed by atoms with E-state index in [0.29, 0.717) is 6.42 Å². The molecule has 15 heavy (non-hydrogen) atoms. The molecule has 0 aliphatic carbocycles. The Balaban J connectivity index is 3.19. The van der Waals surface area contributed by atoms with E-state index < -0.39 is 10.1 Å². The third-order valence-electron chi connectivity index (χ3n) is 2.39. The third-order valence-corrected chi connectivity index (χ3v) is 4.36. The van der Waals surface area contributed by atoms with Crippen molar-refractivity contribution in [2.75, 3.05) is 5.75 Å². The van der Waals surface area contributed by atoms with Crippen LogP contribution in [0.1, 0.15) is 58.3 Å². The molecule has 0 aromatic carbocycles. The Morgan fingerprint density at radius 3 is 1.87 bits per heavy atom. The summed E-state index contributed by atoms with van der Waals surface area (Å²) in [5.41, 5.74) is 0. The minimum Gasteiger partial charge on any atom is -0.254 e. The average molecular weight is 254 g/mol. The molecule has 0 aromatic rings. The molecule has 0 N–H and O–H groups in total. The van der Waals surface area contributed by atoms with Gasteiger partial charge >= 0.3 is 0 Å². The number of unbranched alkanes of at least 4 members (excludes halogenated alkanes) is 7. The normalized spacial score (nSPS) is 11.9. The second kappa shape index (κ2) is 9.56. The lowest BCUT2D eigenvalue weighted by molar-refractivity contribution is 0.511. The summed E-state index contributed by atoms with van der Waals surface area (Å²) in [4.78, 5) is 0. The molecule has 0 heterocycles. The van der Waals surface area contributed by atoms with Gasteiger partial charge in [-0.15, -0.1) is 0 Å². The van der Waals surface area contributed by atoms with E-state index in [-0.39, 0.29) is 5.75 Å². The summed E-state index contributed by atoms with van der Waals surface area (Å²) < 4.78 is 26.1. The molecule has 0 aliphatic rings. The zero-order valence-corrected chi connectivity index (χ0v) is 11.5. The third kappa shape index (κ3) is 10.6. The van der Waals surface area contributed by atoms with E-state index >= 15 is 0 Å². The molecule has 0 rings (SSSR count). The summed E-state index contributed by atoms with van der Waals surface area (Å²) in [6.45, 7) is 2.20. The van der Waals surface area contributed by atoms with Gasteiger partial charge in [0.15, 0.2) is 0 Å². The SMILES string of the molecule is CCCCCCCCCCS(=O)(=O)OP. The monoisotopic (exact) mass is 254 g/mol. The van der Waals surface area contributed by atoms with Crippen LogP contribution < -0.4 is 0 Å². The summed E-state index contributed by atoms with van der Waals surface area (Å²) in [5, 5.41) is 0. The quantitative estimate of drug-likeness (QED) is 0.444. The maximum atomic E-state index is 10.9. The topological polar surface area (TPSA) is 43.4 Å². The molecule has 0 saturated carbocycles. The zero-order valence-electron chi connectivity index (χ0n) is 9.57. The van der Waals surface area contributed by atoms with Gasteiger partial charge < -0.3 is 0 Å². The molecule has 5 heteroatoms. The largest absolute Gasteiger partial charge is 0.269 e. The Bertz CT molecular complexity index is 227. The van der Waals surface area contributed by atoms with Crippen LogP contribution in [0.3, 0.4) is 0 Å². The fourth-order valence-electron chi connectivity index (χ4n) is 1.46. The first-order chi connectivity index (χ1) is 7.12. The Kier molecular flexibility index (Phi) is 9.77. The van der Waals surface area contributed by atoms with Crippen LogP contribution in [0.15, 0.2) is 0 Å². The predicted octanol–water partition coefficient (Wildman–Crippen LogP) is 3.26. The molecule has 0 fully saturated rings. The molecular weight excluding hydrogens is 231 g/mol. The van der Waals surface area contributed by atoms with Gasteiger partial charge in [-0.1, -0.05) is 51.9 Å².